The molecule has 1 aliphatic rings. The van der Waals surface area contributed by atoms with Gasteiger partial charge in [-0.15, -0.1) is 0 Å². The van der Waals surface area contributed by atoms with Crippen molar-refractivity contribution >= 4 is 27.4 Å². The molecule has 0 fully saturated rings. The van der Waals surface area contributed by atoms with E-state index in [1.807, 2.05) is 0 Å². The number of nitrogens with two attached hydrogens (primary N) is 2. The van der Waals surface area contributed by atoms with Gasteiger partial charge in [-0.2, -0.15) is 10.1 Å². The van der Waals surface area contributed by atoms with Crippen molar-refractivity contribution in [3.63, 3.8) is 0 Å². The summed E-state index contributed by atoms with van der Waals surface area (Å²) in [5, 5.41) is 11.8. The van der Waals surface area contributed by atoms with Crippen LogP contribution in [0.1, 0.15) is 33.3 Å². The monoisotopic (exact) mass is 398 g/mol. The summed E-state index contributed by atoms with van der Waals surface area (Å²) in [6, 6.07) is 3.82. The van der Waals surface area contributed by atoms with E-state index in [2.05, 4.69) is 9.98 Å². The Hall–Kier alpha value is -2.73. The van der Waals surface area contributed by atoms with E-state index in [1.165, 1.54) is 31.0 Å². The molecule has 2 rings (SSSR count). The average molecular weight is 398 g/mol. The van der Waals surface area contributed by atoms with Gasteiger partial charge in [0, 0.05) is 6.07 Å². The second-order valence-electron chi connectivity index (χ2n) is 6.66. The van der Waals surface area contributed by atoms with Crippen molar-refractivity contribution in [1.29, 1.82) is 0 Å². The van der Waals surface area contributed by atoms with E-state index in [1.54, 1.807) is 13.8 Å². The Morgan fingerprint density at radius 3 is 2.48 bits per heavy atom. The predicted octanol–water partition coefficient (Wildman–Crippen LogP) is 0.890. The molecule has 0 saturated heterocycles. The van der Waals surface area contributed by atoms with Gasteiger partial charge in [0.25, 0.3) is 5.69 Å². The molecule has 0 amide bonds. The number of aliphatic imine (C=N–C) groups is 2. The molecule has 148 valence electrons. The molecule has 0 radical (unpaired) electrons. The van der Waals surface area contributed by atoms with Crippen molar-refractivity contribution in [3.05, 3.63) is 33.9 Å². The van der Waals surface area contributed by atoms with Gasteiger partial charge < -0.3 is 11.5 Å². The van der Waals surface area contributed by atoms with Gasteiger partial charge in [-0.1, -0.05) is 6.07 Å². The zero-order valence-corrected chi connectivity index (χ0v) is 16.2. The summed E-state index contributed by atoms with van der Waals surface area (Å²) in [6.07, 6.45) is 0. The SMILES string of the molecule is CC(C)S(=O)(=O)c1ccc(CON2C(N)=NC(N)=NC2(C)C)cc1[N+](=O)[O-]. The molecule has 1 aromatic rings. The first-order valence-corrected chi connectivity index (χ1v) is 9.54. The summed E-state index contributed by atoms with van der Waals surface area (Å²) in [6.45, 7) is 6.20. The number of benzene rings is 1. The number of nitro benzene ring substituents is 1. The van der Waals surface area contributed by atoms with Gasteiger partial charge in [0.1, 0.15) is 11.5 Å². The van der Waals surface area contributed by atoms with E-state index in [-0.39, 0.29) is 23.4 Å². The normalized spacial score (nSPS) is 16.9. The van der Waals surface area contributed by atoms with Crippen molar-refractivity contribution in [2.24, 2.45) is 21.5 Å². The summed E-state index contributed by atoms with van der Waals surface area (Å²) in [5.74, 6) is -0.00256. The lowest BCUT2D eigenvalue weighted by molar-refractivity contribution is -0.387. The summed E-state index contributed by atoms with van der Waals surface area (Å²) in [5.41, 5.74) is 10.3. The Balaban J connectivity index is 2.30. The highest BCUT2D eigenvalue weighted by Gasteiger charge is 2.33. The third-order valence-corrected chi connectivity index (χ3v) is 6.03. The lowest BCUT2D eigenvalue weighted by Crippen LogP contribution is -2.53. The molecule has 4 N–H and O–H groups in total. The number of guanidine groups is 2. The summed E-state index contributed by atoms with van der Waals surface area (Å²) in [7, 11) is -3.80. The molecule has 0 spiro atoms. The fourth-order valence-electron chi connectivity index (χ4n) is 2.45. The van der Waals surface area contributed by atoms with E-state index in [9.17, 15) is 18.5 Å². The lowest BCUT2D eigenvalue weighted by atomic mass is 10.2. The summed E-state index contributed by atoms with van der Waals surface area (Å²) in [4.78, 5) is 23.8. The maximum absolute atomic E-state index is 12.3. The van der Waals surface area contributed by atoms with Gasteiger partial charge >= 0.3 is 0 Å². The molecule has 0 bridgehead atoms. The molecule has 12 heteroatoms. The molecular weight excluding hydrogens is 376 g/mol. The number of hydrogen-bond donors (Lipinski definition) is 2. The van der Waals surface area contributed by atoms with Crippen LogP contribution in [0.2, 0.25) is 0 Å². The minimum atomic E-state index is -3.80. The maximum atomic E-state index is 12.3. The van der Waals surface area contributed by atoms with Gasteiger partial charge in [-0.25, -0.2) is 13.4 Å². The molecular formula is C15H22N6O5S. The quantitative estimate of drug-likeness (QED) is 0.526. The third kappa shape index (κ3) is 4.17. The largest absolute Gasteiger partial charge is 0.368 e. The van der Waals surface area contributed by atoms with Crippen LogP contribution < -0.4 is 11.5 Å². The van der Waals surface area contributed by atoms with Crippen LogP contribution in [0.4, 0.5) is 5.69 Å². The Kier molecular flexibility index (Phi) is 5.42. The highest BCUT2D eigenvalue weighted by molar-refractivity contribution is 7.92. The standard InChI is InChI=1S/C15H22N6O5S/c1-9(2)27(24,25)12-6-5-10(7-11(12)21(22)23)8-26-20-14(17)18-13(16)19-15(20,3)4/h5-7,9H,8H2,1-4H3,(H4,16,17,18,19). The van der Waals surface area contributed by atoms with Crippen molar-refractivity contribution < 1.29 is 18.2 Å². The molecule has 27 heavy (non-hydrogen) atoms. The van der Waals surface area contributed by atoms with Crippen molar-refractivity contribution in [3.8, 4) is 0 Å². The molecule has 0 atom stereocenters. The number of nitro groups is 1. The zero-order valence-electron chi connectivity index (χ0n) is 15.4. The van der Waals surface area contributed by atoms with Crippen molar-refractivity contribution in [2.45, 2.75) is 50.1 Å². The van der Waals surface area contributed by atoms with Crippen molar-refractivity contribution in [2.75, 3.05) is 0 Å². The molecule has 1 heterocycles. The van der Waals surface area contributed by atoms with E-state index in [4.69, 9.17) is 16.3 Å². The van der Waals surface area contributed by atoms with E-state index >= 15 is 0 Å². The second-order valence-corrected chi connectivity index (χ2v) is 9.13. The third-order valence-electron chi connectivity index (χ3n) is 3.83. The van der Waals surface area contributed by atoms with Crippen LogP contribution in [-0.2, 0) is 21.3 Å². The Morgan fingerprint density at radius 1 is 1.33 bits per heavy atom. The number of sulfone groups is 1. The van der Waals surface area contributed by atoms with Crippen LogP contribution in [0.25, 0.3) is 0 Å². The Labute approximate surface area is 156 Å². The fourth-order valence-corrected chi connectivity index (χ4v) is 3.64. The smallest absolute Gasteiger partial charge is 0.288 e. The van der Waals surface area contributed by atoms with Gasteiger partial charge in [-0.3, -0.25) is 15.0 Å². The van der Waals surface area contributed by atoms with Crippen LogP contribution in [0.3, 0.4) is 0 Å². The molecule has 0 aliphatic carbocycles. The predicted molar refractivity (Wildman–Crippen MR) is 99.4 cm³/mol. The number of rotatable bonds is 6. The van der Waals surface area contributed by atoms with Crippen molar-refractivity contribution in [1.82, 2.24) is 5.06 Å². The first kappa shape index (κ1) is 20.6. The fraction of sp³-hybridized carbons (Fsp3) is 0.467. The van der Waals surface area contributed by atoms with Crippen LogP contribution >= 0.6 is 0 Å². The maximum Gasteiger partial charge on any atom is 0.288 e. The molecule has 1 aromatic carbocycles. The number of hydroxylamine groups is 2. The van der Waals surface area contributed by atoms with E-state index < -0.39 is 31.4 Å². The minimum absolute atomic E-state index is 0.0104. The van der Waals surface area contributed by atoms with Crippen LogP contribution in [0.15, 0.2) is 33.1 Å². The van der Waals surface area contributed by atoms with E-state index in [0.29, 0.717) is 5.56 Å². The number of nitrogens with zero attached hydrogens (tertiary/aromatic N) is 4. The van der Waals surface area contributed by atoms with Gasteiger partial charge in [-0.05, 0) is 39.3 Å². The average Bonchev–Trinajstić information content (AvgIpc) is 2.52. The summed E-state index contributed by atoms with van der Waals surface area (Å²) < 4.78 is 24.7. The molecule has 0 unspecified atom stereocenters. The lowest BCUT2D eigenvalue weighted by Gasteiger charge is -2.36. The van der Waals surface area contributed by atoms with Gasteiger partial charge in [0.2, 0.25) is 11.9 Å². The molecule has 0 aromatic heterocycles. The number of hydrogen-bond acceptors (Lipinski definition) is 10. The molecule has 11 nitrogen and oxygen atoms in total. The van der Waals surface area contributed by atoms with Crippen LogP contribution in [-0.4, -0.2) is 41.2 Å². The molecule has 0 saturated carbocycles. The first-order valence-electron chi connectivity index (χ1n) is 8.00. The van der Waals surface area contributed by atoms with Crippen LogP contribution in [0.5, 0.6) is 0 Å². The Bertz CT molecular complexity index is 923. The summed E-state index contributed by atoms with van der Waals surface area (Å²) >= 11 is 0. The highest BCUT2D eigenvalue weighted by atomic mass is 32.2. The molecule has 1 aliphatic heterocycles. The first-order chi connectivity index (χ1) is 12.4. The minimum Gasteiger partial charge on any atom is -0.368 e. The van der Waals surface area contributed by atoms with Crippen LogP contribution in [0, 0.1) is 10.1 Å². The zero-order chi connectivity index (χ0) is 20.6. The highest BCUT2D eigenvalue weighted by Crippen LogP contribution is 2.29. The topological polar surface area (TPSA) is 167 Å². The van der Waals surface area contributed by atoms with E-state index in [0.717, 1.165) is 6.07 Å². The second kappa shape index (κ2) is 7.12. The Morgan fingerprint density at radius 2 is 1.96 bits per heavy atom. The van der Waals surface area contributed by atoms with Gasteiger partial charge in [0.05, 0.1) is 10.2 Å². The van der Waals surface area contributed by atoms with Gasteiger partial charge in [0.15, 0.2) is 15.5 Å².